The Labute approximate surface area is 153 Å². The predicted molar refractivity (Wildman–Crippen MR) is 99.9 cm³/mol. The lowest BCUT2D eigenvalue weighted by atomic mass is 10.1. The molecule has 0 saturated carbocycles. The second kappa shape index (κ2) is 8.21. The van der Waals surface area contributed by atoms with Crippen molar-refractivity contribution in [3.63, 3.8) is 0 Å². The largest absolute Gasteiger partial charge is 0.352 e. The number of hydrogen-bond donors (Lipinski definition) is 1. The van der Waals surface area contributed by atoms with Crippen LogP contribution in [0.4, 0.5) is 4.39 Å². The van der Waals surface area contributed by atoms with Gasteiger partial charge in [-0.3, -0.25) is 9.59 Å². The molecule has 1 fully saturated rings. The fraction of sp³-hybridized carbons (Fsp3) is 0.579. The SMILES string of the molecule is CC(C)[C@H](C)NC(=O)[C@@H]1CS[C@H](C(C)C)N1C(=O)c1ccc(F)cc1. The predicted octanol–water partition coefficient (Wildman–Crippen LogP) is 3.53. The summed E-state index contributed by atoms with van der Waals surface area (Å²) in [6.07, 6.45) is 0. The zero-order chi connectivity index (χ0) is 18.7. The highest BCUT2D eigenvalue weighted by Crippen LogP contribution is 2.35. The van der Waals surface area contributed by atoms with Crippen LogP contribution in [0.2, 0.25) is 0 Å². The number of nitrogens with one attached hydrogen (secondary N) is 1. The molecule has 1 aromatic carbocycles. The molecule has 1 heterocycles. The van der Waals surface area contributed by atoms with Crippen molar-refractivity contribution in [2.45, 2.75) is 52.1 Å². The Hall–Kier alpha value is -1.56. The third kappa shape index (κ3) is 4.54. The van der Waals surface area contributed by atoms with Gasteiger partial charge in [0.15, 0.2) is 0 Å². The van der Waals surface area contributed by atoms with Crippen LogP contribution in [0.5, 0.6) is 0 Å². The minimum absolute atomic E-state index is 0.0402. The second-order valence-electron chi connectivity index (χ2n) is 7.24. The van der Waals surface area contributed by atoms with Crippen molar-refractivity contribution < 1.29 is 14.0 Å². The lowest BCUT2D eigenvalue weighted by Crippen LogP contribution is -2.53. The molecule has 1 aliphatic rings. The first kappa shape index (κ1) is 19.8. The third-order valence-electron chi connectivity index (χ3n) is 4.60. The van der Waals surface area contributed by atoms with E-state index in [0.29, 0.717) is 17.2 Å². The molecule has 4 nitrogen and oxygen atoms in total. The van der Waals surface area contributed by atoms with Gasteiger partial charge in [0, 0.05) is 17.4 Å². The van der Waals surface area contributed by atoms with Gasteiger partial charge in [0.1, 0.15) is 11.9 Å². The number of benzene rings is 1. The van der Waals surface area contributed by atoms with Crippen LogP contribution in [-0.4, -0.2) is 39.9 Å². The van der Waals surface area contributed by atoms with Crippen LogP contribution < -0.4 is 5.32 Å². The van der Waals surface area contributed by atoms with E-state index in [1.165, 1.54) is 24.3 Å². The van der Waals surface area contributed by atoms with E-state index in [4.69, 9.17) is 0 Å². The molecule has 0 spiro atoms. The molecule has 3 atom stereocenters. The summed E-state index contributed by atoms with van der Waals surface area (Å²) in [7, 11) is 0. The zero-order valence-corrected chi connectivity index (χ0v) is 16.3. The van der Waals surface area contributed by atoms with Gasteiger partial charge in [0.05, 0.1) is 5.37 Å². The highest BCUT2D eigenvalue weighted by molar-refractivity contribution is 8.00. The Bertz CT molecular complexity index is 618. The van der Waals surface area contributed by atoms with E-state index in [0.717, 1.165) is 0 Å². The molecule has 1 aromatic rings. The van der Waals surface area contributed by atoms with Crippen LogP contribution in [0, 0.1) is 17.7 Å². The molecule has 0 aliphatic carbocycles. The Morgan fingerprint density at radius 1 is 1.16 bits per heavy atom. The molecule has 0 unspecified atom stereocenters. The first-order valence-corrected chi connectivity index (χ1v) is 9.77. The lowest BCUT2D eigenvalue weighted by Gasteiger charge is -2.32. The lowest BCUT2D eigenvalue weighted by molar-refractivity contribution is -0.125. The standard InChI is InChI=1S/C19H27FN2O2S/c1-11(2)13(5)21-17(23)16-10-25-19(12(3)4)22(16)18(24)14-6-8-15(20)9-7-14/h6-9,11-13,16,19H,10H2,1-5H3,(H,21,23)/t13-,16-,19+/m0/s1. The van der Waals surface area contributed by atoms with E-state index in [9.17, 15) is 14.0 Å². The van der Waals surface area contributed by atoms with Gasteiger partial charge in [0.25, 0.3) is 5.91 Å². The Kier molecular flexibility index (Phi) is 6.49. The molecule has 0 aromatic heterocycles. The van der Waals surface area contributed by atoms with Crippen molar-refractivity contribution in [3.8, 4) is 0 Å². The van der Waals surface area contributed by atoms with Gasteiger partial charge in [-0.15, -0.1) is 11.8 Å². The van der Waals surface area contributed by atoms with Crippen molar-refractivity contribution in [3.05, 3.63) is 35.6 Å². The van der Waals surface area contributed by atoms with E-state index >= 15 is 0 Å². The number of carbonyl (C=O) groups excluding carboxylic acids is 2. The molecule has 1 saturated heterocycles. The quantitative estimate of drug-likeness (QED) is 0.867. The maximum atomic E-state index is 13.2. The summed E-state index contributed by atoms with van der Waals surface area (Å²) in [4.78, 5) is 27.4. The summed E-state index contributed by atoms with van der Waals surface area (Å²) in [6, 6.07) is 5.04. The van der Waals surface area contributed by atoms with Crippen LogP contribution in [0.25, 0.3) is 0 Å². The summed E-state index contributed by atoms with van der Waals surface area (Å²) in [5.74, 6) is 0.392. The smallest absolute Gasteiger partial charge is 0.255 e. The fourth-order valence-corrected chi connectivity index (χ4v) is 4.21. The van der Waals surface area contributed by atoms with Crippen molar-refractivity contribution in [2.24, 2.45) is 11.8 Å². The van der Waals surface area contributed by atoms with Gasteiger partial charge in [-0.1, -0.05) is 27.7 Å². The van der Waals surface area contributed by atoms with Crippen LogP contribution in [-0.2, 0) is 4.79 Å². The second-order valence-corrected chi connectivity index (χ2v) is 8.39. The summed E-state index contributed by atoms with van der Waals surface area (Å²) >= 11 is 1.63. The first-order valence-electron chi connectivity index (χ1n) is 8.72. The van der Waals surface area contributed by atoms with E-state index in [-0.39, 0.29) is 35.0 Å². The van der Waals surface area contributed by atoms with Crippen LogP contribution in [0.1, 0.15) is 45.0 Å². The Morgan fingerprint density at radius 2 is 1.76 bits per heavy atom. The topological polar surface area (TPSA) is 49.4 Å². The van der Waals surface area contributed by atoms with E-state index < -0.39 is 6.04 Å². The highest BCUT2D eigenvalue weighted by Gasteiger charge is 2.43. The average Bonchev–Trinajstić information content (AvgIpc) is 3.00. The van der Waals surface area contributed by atoms with E-state index in [2.05, 4.69) is 5.32 Å². The molecular formula is C19H27FN2O2S. The van der Waals surface area contributed by atoms with E-state index in [1.54, 1.807) is 16.7 Å². The number of thioether (sulfide) groups is 1. The number of nitrogens with zero attached hydrogens (tertiary/aromatic N) is 1. The third-order valence-corrected chi connectivity index (χ3v) is 6.22. The van der Waals surface area contributed by atoms with Crippen LogP contribution in [0.3, 0.4) is 0 Å². The number of amides is 2. The summed E-state index contributed by atoms with van der Waals surface area (Å²) in [6.45, 7) is 10.1. The molecule has 1 aliphatic heterocycles. The molecule has 0 radical (unpaired) electrons. The van der Waals surface area contributed by atoms with Gasteiger partial charge < -0.3 is 10.2 Å². The van der Waals surface area contributed by atoms with Gasteiger partial charge in [0.2, 0.25) is 5.91 Å². The van der Waals surface area contributed by atoms with Gasteiger partial charge >= 0.3 is 0 Å². The van der Waals surface area contributed by atoms with Crippen molar-refractivity contribution in [1.29, 1.82) is 0 Å². The molecule has 138 valence electrons. The number of hydrogen-bond acceptors (Lipinski definition) is 3. The Balaban J connectivity index is 2.25. The van der Waals surface area contributed by atoms with Gasteiger partial charge in [-0.25, -0.2) is 4.39 Å². The zero-order valence-electron chi connectivity index (χ0n) is 15.5. The summed E-state index contributed by atoms with van der Waals surface area (Å²) in [5, 5.41) is 2.95. The van der Waals surface area contributed by atoms with Gasteiger partial charge in [-0.2, -0.15) is 0 Å². The molecule has 0 bridgehead atoms. The molecule has 2 amide bonds. The molecule has 6 heteroatoms. The monoisotopic (exact) mass is 366 g/mol. The normalized spacial score (nSPS) is 21.7. The maximum absolute atomic E-state index is 13.2. The summed E-state index contributed by atoms with van der Waals surface area (Å²) < 4.78 is 13.2. The van der Waals surface area contributed by atoms with Gasteiger partial charge in [-0.05, 0) is 43.0 Å². The molecule has 2 rings (SSSR count). The number of halogens is 1. The molecule has 25 heavy (non-hydrogen) atoms. The highest BCUT2D eigenvalue weighted by atomic mass is 32.2. The van der Waals surface area contributed by atoms with Crippen molar-refractivity contribution >= 4 is 23.6 Å². The maximum Gasteiger partial charge on any atom is 0.255 e. The molecular weight excluding hydrogens is 339 g/mol. The van der Waals surface area contributed by atoms with E-state index in [1.807, 2.05) is 34.6 Å². The first-order chi connectivity index (χ1) is 11.7. The van der Waals surface area contributed by atoms with Crippen molar-refractivity contribution in [1.82, 2.24) is 10.2 Å². The summed E-state index contributed by atoms with van der Waals surface area (Å²) in [5.41, 5.74) is 0.407. The number of carbonyl (C=O) groups is 2. The fourth-order valence-electron chi connectivity index (χ4n) is 2.73. The number of rotatable bonds is 5. The van der Waals surface area contributed by atoms with Crippen molar-refractivity contribution in [2.75, 3.05) is 5.75 Å². The molecule has 1 N–H and O–H groups in total. The minimum atomic E-state index is -0.504. The Morgan fingerprint density at radius 3 is 2.28 bits per heavy atom. The van der Waals surface area contributed by atoms with Crippen LogP contribution >= 0.6 is 11.8 Å². The average molecular weight is 367 g/mol. The van der Waals surface area contributed by atoms with Crippen LogP contribution in [0.15, 0.2) is 24.3 Å². The minimum Gasteiger partial charge on any atom is -0.352 e.